The van der Waals surface area contributed by atoms with E-state index in [0.717, 1.165) is 15.9 Å². The molecule has 38 heavy (non-hydrogen) atoms. The fourth-order valence-electron chi connectivity index (χ4n) is 4.05. The van der Waals surface area contributed by atoms with Gasteiger partial charge in [0, 0.05) is 44.9 Å². The first-order valence-corrected chi connectivity index (χ1v) is 17.4. The molecule has 0 spiro atoms. The summed E-state index contributed by atoms with van der Waals surface area (Å²) in [6.45, 7) is 10.8. The third-order valence-electron chi connectivity index (χ3n) is 6.19. The molecule has 1 saturated heterocycles. The van der Waals surface area contributed by atoms with Gasteiger partial charge in [-0.05, 0) is 29.5 Å². The Morgan fingerprint density at radius 3 is 2.74 bits per heavy atom. The Morgan fingerprint density at radius 1 is 1.34 bits per heavy atom. The zero-order chi connectivity index (χ0) is 27.8. The third kappa shape index (κ3) is 7.68. The van der Waals surface area contributed by atoms with Gasteiger partial charge in [-0.3, -0.25) is 9.52 Å². The Morgan fingerprint density at radius 2 is 2.08 bits per heavy atom. The molecule has 1 N–H and O–H groups in total. The summed E-state index contributed by atoms with van der Waals surface area (Å²) in [7, 11) is -5.36. The molecule has 2 heterocycles. The van der Waals surface area contributed by atoms with E-state index in [1.54, 1.807) is 24.4 Å². The molecule has 1 aromatic carbocycles. The predicted octanol–water partition coefficient (Wildman–Crippen LogP) is 4.15. The van der Waals surface area contributed by atoms with Gasteiger partial charge in [0.05, 0.1) is 0 Å². The predicted molar refractivity (Wildman–Crippen MR) is 147 cm³/mol. The van der Waals surface area contributed by atoms with Crippen molar-refractivity contribution in [3.05, 3.63) is 71.3 Å². The van der Waals surface area contributed by atoms with Gasteiger partial charge in [0.1, 0.15) is 13.3 Å². The van der Waals surface area contributed by atoms with E-state index in [0.29, 0.717) is 6.61 Å². The van der Waals surface area contributed by atoms with Crippen molar-refractivity contribution < 1.29 is 22.7 Å². The van der Waals surface area contributed by atoms with Crippen LogP contribution in [0.15, 0.2) is 60.4 Å². The number of nitrogens with one attached hydrogen (secondary N) is 1. The van der Waals surface area contributed by atoms with Crippen LogP contribution in [-0.2, 0) is 37.8 Å². The molecule has 12 nitrogen and oxygen atoms in total. The van der Waals surface area contributed by atoms with Crippen molar-refractivity contribution in [2.75, 3.05) is 24.4 Å². The highest BCUT2D eigenvalue weighted by molar-refractivity contribution is 7.90. The number of azide groups is 1. The number of hydrogen-bond acceptors (Lipinski definition) is 7. The summed E-state index contributed by atoms with van der Waals surface area (Å²) in [5.41, 5.74) is 8.30. The lowest BCUT2D eigenvalue weighted by molar-refractivity contribution is -0.152. The van der Waals surface area contributed by atoms with E-state index in [-0.39, 0.29) is 38.7 Å². The molecule has 0 amide bonds. The van der Waals surface area contributed by atoms with E-state index in [4.69, 9.17) is 9.47 Å². The Labute approximate surface area is 224 Å². The first-order valence-electron chi connectivity index (χ1n) is 12.3. The zero-order valence-electron chi connectivity index (χ0n) is 22.0. The topological polar surface area (TPSA) is 152 Å². The number of benzene rings is 1. The lowest BCUT2D eigenvalue weighted by Gasteiger charge is -2.26. The van der Waals surface area contributed by atoms with Gasteiger partial charge < -0.3 is 9.47 Å². The van der Waals surface area contributed by atoms with E-state index in [2.05, 4.69) is 46.1 Å². The van der Waals surface area contributed by atoms with Crippen molar-refractivity contribution in [1.29, 1.82) is 0 Å². The highest BCUT2D eigenvalue weighted by Crippen LogP contribution is 2.37. The molecule has 2 aromatic rings. The van der Waals surface area contributed by atoms with Crippen LogP contribution in [0, 0.1) is 5.92 Å². The average molecular weight is 562 g/mol. The second-order valence-corrected chi connectivity index (χ2v) is 17.7. The number of allylic oxidation sites excluding steroid dienone is 1. The molecule has 1 aromatic heterocycles. The number of carbonyl (C=O) groups is 1. The average Bonchev–Trinajstić information content (AvgIpc) is 3.46. The van der Waals surface area contributed by atoms with Crippen LogP contribution in [0.4, 0.5) is 5.82 Å². The Kier molecular flexibility index (Phi) is 9.74. The van der Waals surface area contributed by atoms with Crippen LogP contribution in [0.3, 0.4) is 0 Å². The Bertz CT molecular complexity index is 1260. The summed E-state index contributed by atoms with van der Waals surface area (Å²) in [4.78, 5) is 16.1. The summed E-state index contributed by atoms with van der Waals surface area (Å²) in [6.07, 6.45) is 3.42. The van der Waals surface area contributed by atoms with Crippen LogP contribution in [0.5, 0.6) is 0 Å². The minimum absolute atomic E-state index is 0.0361. The SMILES string of the molecule is C=CC[C@@H]1CN(S(=O)(=O)Nc2ccn(COCC[Si](C)(C)C)n2)C[C@]1(N=[N+]=[N-])C(=O)OCc1ccccc1. The molecule has 1 aliphatic heterocycles. The standard InChI is InChI=1S/C24H35N7O5SSi/c1-5-9-21-16-31(18-24(21,28-29-25)23(32)36-17-20-10-7-6-8-11-20)37(33,34)27-22-12-13-30(26-22)19-35-14-15-38(2,3)4/h5-8,10-13,21H,1,9,14-19H2,2-4H3,(H,26,27)/t21-,24-/m1/s1. The molecular formula is C24H35N7O5SSi. The van der Waals surface area contributed by atoms with Gasteiger partial charge in [-0.25, -0.2) is 4.68 Å². The number of aromatic nitrogens is 2. The summed E-state index contributed by atoms with van der Waals surface area (Å²) >= 11 is 0. The fraction of sp³-hybridized carbons (Fsp3) is 0.500. The van der Waals surface area contributed by atoms with Crippen molar-refractivity contribution in [2.45, 2.75) is 51.0 Å². The number of anilines is 1. The van der Waals surface area contributed by atoms with Gasteiger partial charge in [-0.15, -0.1) is 6.58 Å². The van der Waals surface area contributed by atoms with E-state index >= 15 is 0 Å². The number of hydrogen-bond donors (Lipinski definition) is 1. The van der Waals surface area contributed by atoms with Crippen LogP contribution < -0.4 is 4.72 Å². The molecule has 1 aliphatic rings. The number of nitrogens with zero attached hydrogens (tertiary/aromatic N) is 6. The van der Waals surface area contributed by atoms with E-state index in [1.807, 2.05) is 18.2 Å². The number of esters is 1. The molecule has 206 valence electrons. The second-order valence-electron chi connectivity index (χ2n) is 10.4. The minimum Gasteiger partial charge on any atom is -0.460 e. The van der Waals surface area contributed by atoms with Gasteiger partial charge in [0.15, 0.2) is 11.4 Å². The molecule has 0 aliphatic carbocycles. The van der Waals surface area contributed by atoms with Crippen molar-refractivity contribution in [3.63, 3.8) is 0 Å². The molecular weight excluding hydrogens is 526 g/mol. The molecule has 0 saturated carbocycles. The number of rotatable bonds is 14. The van der Waals surface area contributed by atoms with Gasteiger partial charge in [-0.1, -0.05) is 61.2 Å². The lowest BCUT2D eigenvalue weighted by atomic mass is 9.85. The molecule has 14 heteroatoms. The molecule has 0 radical (unpaired) electrons. The normalized spacial score (nSPS) is 20.0. The second kappa shape index (κ2) is 12.6. The first-order chi connectivity index (χ1) is 18.0. The van der Waals surface area contributed by atoms with Crippen LogP contribution in [0.2, 0.25) is 25.7 Å². The zero-order valence-corrected chi connectivity index (χ0v) is 23.8. The van der Waals surface area contributed by atoms with E-state index < -0.39 is 35.7 Å². The van der Waals surface area contributed by atoms with Crippen molar-refractivity contribution in [1.82, 2.24) is 14.1 Å². The summed E-state index contributed by atoms with van der Waals surface area (Å²) < 4.78 is 42.7. The molecule has 2 atom stereocenters. The van der Waals surface area contributed by atoms with Crippen LogP contribution in [-0.4, -0.2) is 61.8 Å². The largest absolute Gasteiger partial charge is 0.460 e. The summed E-state index contributed by atoms with van der Waals surface area (Å²) in [6, 6.07) is 11.6. The lowest BCUT2D eigenvalue weighted by Crippen LogP contribution is -2.46. The van der Waals surface area contributed by atoms with Crippen LogP contribution >= 0.6 is 0 Å². The Hall–Kier alpha value is -3.16. The molecule has 3 rings (SSSR count). The van der Waals surface area contributed by atoms with Crippen LogP contribution in [0.1, 0.15) is 12.0 Å². The minimum atomic E-state index is -4.14. The highest BCUT2D eigenvalue weighted by atomic mass is 32.2. The van der Waals surface area contributed by atoms with E-state index in [9.17, 15) is 18.7 Å². The van der Waals surface area contributed by atoms with Gasteiger partial charge in [0.25, 0.3) is 0 Å². The third-order valence-corrected chi connectivity index (χ3v) is 9.32. The fourth-order valence-corrected chi connectivity index (χ4v) is 6.05. The van der Waals surface area contributed by atoms with Gasteiger partial charge >= 0.3 is 16.2 Å². The molecule has 0 unspecified atom stereocenters. The quantitative estimate of drug-likeness (QED) is 0.0696. The maximum Gasteiger partial charge on any atom is 0.320 e. The Balaban J connectivity index is 1.71. The smallest absolute Gasteiger partial charge is 0.320 e. The van der Waals surface area contributed by atoms with Gasteiger partial charge in [-0.2, -0.15) is 17.8 Å². The summed E-state index contributed by atoms with van der Waals surface area (Å²) in [5, 5.41) is 8.02. The number of ether oxygens (including phenoxy) is 2. The molecule has 1 fully saturated rings. The number of carbonyl (C=O) groups excluding carboxylic acids is 1. The molecule has 0 bridgehead atoms. The van der Waals surface area contributed by atoms with Crippen molar-refractivity contribution in [2.24, 2.45) is 11.0 Å². The van der Waals surface area contributed by atoms with Crippen molar-refractivity contribution >= 4 is 30.1 Å². The van der Waals surface area contributed by atoms with Crippen LogP contribution in [0.25, 0.3) is 10.4 Å². The highest BCUT2D eigenvalue weighted by Gasteiger charge is 2.55. The first kappa shape index (κ1) is 29.4. The van der Waals surface area contributed by atoms with E-state index in [1.165, 1.54) is 10.7 Å². The van der Waals surface area contributed by atoms with Gasteiger partial charge in [0.2, 0.25) is 0 Å². The maximum absolute atomic E-state index is 13.3. The van der Waals surface area contributed by atoms with Crippen molar-refractivity contribution in [3.8, 4) is 0 Å². The monoisotopic (exact) mass is 561 g/mol. The summed E-state index contributed by atoms with van der Waals surface area (Å²) in [5.74, 6) is -1.34. The maximum atomic E-state index is 13.3.